The zero-order valence-electron chi connectivity index (χ0n) is 25.7. The Morgan fingerprint density at radius 3 is 2.41 bits per heavy atom. The Morgan fingerprint density at radius 1 is 1.02 bits per heavy atom. The van der Waals surface area contributed by atoms with E-state index in [2.05, 4.69) is 6.58 Å². The third-order valence-electron chi connectivity index (χ3n) is 7.49. The molecular weight excluding hydrogens is 600 g/mol. The largest absolute Gasteiger partial charge is 0.497 e. The monoisotopic (exact) mass is 632 g/mol. The highest BCUT2D eigenvalue weighted by Crippen LogP contribution is 2.32. The van der Waals surface area contributed by atoms with Gasteiger partial charge in [0.05, 0.1) is 41.2 Å². The van der Waals surface area contributed by atoms with Crippen molar-refractivity contribution in [3.05, 3.63) is 140 Å². The summed E-state index contributed by atoms with van der Waals surface area (Å²) in [6.45, 7) is 7.95. The van der Waals surface area contributed by atoms with E-state index in [9.17, 15) is 9.59 Å². The van der Waals surface area contributed by atoms with Crippen LogP contribution in [0, 0.1) is 0 Å². The van der Waals surface area contributed by atoms with Crippen LogP contribution in [-0.2, 0) is 9.53 Å². The first kappa shape index (κ1) is 30.5. The molecule has 10 heteroatoms. The van der Waals surface area contributed by atoms with Crippen molar-refractivity contribution in [1.29, 1.82) is 0 Å². The van der Waals surface area contributed by atoms with Crippen LogP contribution in [0.5, 0.6) is 11.5 Å². The second-order valence-electron chi connectivity index (χ2n) is 10.4. The third-order valence-corrected chi connectivity index (χ3v) is 8.48. The lowest BCUT2D eigenvalue weighted by Gasteiger charge is -2.24. The molecular formula is C36H32N4O5S. The Hall–Kier alpha value is -5.48. The van der Waals surface area contributed by atoms with Crippen molar-refractivity contribution >= 4 is 23.4 Å². The number of para-hydroxylation sites is 1. The first-order valence-electron chi connectivity index (χ1n) is 14.7. The van der Waals surface area contributed by atoms with Gasteiger partial charge in [-0.15, -0.1) is 0 Å². The summed E-state index contributed by atoms with van der Waals surface area (Å²) in [5.74, 6) is 0.864. The average molecular weight is 633 g/mol. The number of carbonyl (C=O) groups is 1. The molecule has 0 bridgehead atoms. The van der Waals surface area contributed by atoms with Crippen LogP contribution in [0.15, 0.2) is 119 Å². The van der Waals surface area contributed by atoms with Crippen LogP contribution in [0.25, 0.3) is 23.0 Å². The van der Waals surface area contributed by atoms with E-state index in [1.54, 1.807) is 35.4 Å². The summed E-state index contributed by atoms with van der Waals surface area (Å²) in [5.41, 5.74) is 4.42. The summed E-state index contributed by atoms with van der Waals surface area (Å²) in [5, 5.41) is 4.92. The van der Waals surface area contributed by atoms with Crippen molar-refractivity contribution in [3.63, 3.8) is 0 Å². The number of thiazole rings is 1. The number of hydrogen-bond acceptors (Lipinski definition) is 8. The standard InChI is InChI=1S/C36H32N4O5S/c1-5-20-45-35(42)31-23(3)37-36-40(33(31)25-14-16-28(43-4)17-15-25)34(41)30(46-36)21-26-22-39(27-10-8-7-9-11-27)38-32(26)24-12-18-29(19-13-24)44-6-2/h5,7-19,21-22,33H,1,6,20H2,2-4H3/b30-21-/t33-/m1/s1. The molecule has 232 valence electrons. The van der Waals surface area contributed by atoms with Crippen molar-refractivity contribution in [2.24, 2.45) is 4.99 Å². The predicted molar refractivity (Wildman–Crippen MR) is 178 cm³/mol. The van der Waals surface area contributed by atoms with Crippen molar-refractivity contribution in [1.82, 2.24) is 14.3 Å². The minimum absolute atomic E-state index is 0.0368. The van der Waals surface area contributed by atoms with Gasteiger partial charge in [-0.05, 0) is 74.0 Å². The lowest BCUT2D eigenvalue weighted by atomic mass is 9.96. The van der Waals surface area contributed by atoms with Crippen LogP contribution in [-0.4, -0.2) is 40.6 Å². The molecule has 0 unspecified atom stereocenters. The molecule has 2 aromatic heterocycles. The molecule has 3 heterocycles. The number of benzene rings is 3. The van der Waals surface area contributed by atoms with Crippen LogP contribution < -0.4 is 24.4 Å². The molecule has 5 aromatic rings. The smallest absolute Gasteiger partial charge is 0.338 e. The van der Waals surface area contributed by atoms with Gasteiger partial charge in [0.15, 0.2) is 4.80 Å². The van der Waals surface area contributed by atoms with Gasteiger partial charge in [0.25, 0.3) is 5.56 Å². The lowest BCUT2D eigenvalue weighted by molar-refractivity contribution is -0.138. The predicted octanol–water partition coefficient (Wildman–Crippen LogP) is 5.22. The quantitative estimate of drug-likeness (QED) is 0.155. The molecule has 0 saturated carbocycles. The maximum absolute atomic E-state index is 14.3. The summed E-state index contributed by atoms with van der Waals surface area (Å²) in [7, 11) is 1.59. The minimum atomic E-state index is -0.751. The van der Waals surface area contributed by atoms with Gasteiger partial charge in [0, 0.05) is 17.3 Å². The second kappa shape index (κ2) is 13.3. The molecule has 0 N–H and O–H groups in total. The number of fused-ring (bicyclic) bond motifs is 1. The molecule has 0 saturated heterocycles. The van der Waals surface area contributed by atoms with Crippen molar-refractivity contribution < 1.29 is 19.0 Å². The summed E-state index contributed by atoms with van der Waals surface area (Å²) in [6, 6.07) is 24.0. The van der Waals surface area contributed by atoms with E-state index >= 15 is 0 Å². The molecule has 0 radical (unpaired) electrons. The topological polar surface area (TPSA) is 96.9 Å². The van der Waals surface area contributed by atoms with E-state index in [0.717, 1.165) is 28.1 Å². The molecule has 1 atom stereocenters. The molecule has 46 heavy (non-hydrogen) atoms. The fourth-order valence-electron chi connectivity index (χ4n) is 5.34. The second-order valence-corrected chi connectivity index (χ2v) is 11.4. The van der Waals surface area contributed by atoms with E-state index in [1.165, 1.54) is 17.4 Å². The van der Waals surface area contributed by atoms with Crippen molar-refractivity contribution in [2.45, 2.75) is 19.9 Å². The highest BCUT2D eigenvalue weighted by Gasteiger charge is 2.33. The molecule has 0 amide bonds. The number of carbonyl (C=O) groups excluding carboxylic acids is 1. The SMILES string of the molecule is C=CCOC(=O)C1=C(C)N=c2s/c(=C\c3cn(-c4ccccc4)nc3-c3ccc(OCC)cc3)c(=O)n2[C@@H]1c1ccc(OC)cc1. The third kappa shape index (κ3) is 5.94. The number of rotatable bonds is 10. The fraction of sp³-hybridized carbons (Fsp3) is 0.167. The number of allylic oxidation sites excluding steroid dienone is 1. The van der Waals surface area contributed by atoms with Crippen LogP contribution in [0.4, 0.5) is 0 Å². The van der Waals surface area contributed by atoms with Gasteiger partial charge in [-0.2, -0.15) is 5.10 Å². The van der Waals surface area contributed by atoms with Gasteiger partial charge in [-0.3, -0.25) is 9.36 Å². The maximum Gasteiger partial charge on any atom is 0.338 e. The molecule has 0 aliphatic carbocycles. The Kier molecular flexibility index (Phi) is 8.80. The van der Waals surface area contributed by atoms with Crippen LogP contribution in [0.1, 0.15) is 31.0 Å². The highest BCUT2D eigenvalue weighted by atomic mass is 32.1. The molecule has 6 rings (SSSR count). The summed E-state index contributed by atoms with van der Waals surface area (Å²) < 4.78 is 20.2. The van der Waals surface area contributed by atoms with Gasteiger partial charge in [-0.25, -0.2) is 14.5 Å². The van der Waals surface area contributed by atoms with Gasteiger partial charge >= 0.3 is 5.97 Å². The molecule has 0 spiro atoms. The molecule has 3 aromatic carbocycles. The molecule has 0 fully saturated rings. The first-order chi connectivity index (χ1) is 22.4. The minimum Gasteiger partial charge on any atom is -0.497 e. The van der Waals surface area contributed by atoms with Crippen LogP contribution >= 0.6 is 11.3 Å². The summed E-state index contributed by atoms with van der Waals surface area (Å²) >= 11 is 1.26. The van der Waals surface area contributed by atoms with Gasteiger partial charge in [0.1, 0.15) is 23.8 Å². The number of esters is 1. The Morgan fingerprint density at radius 2 is 1.74 bits per heavy atom. The van der Waals surface area contributed by atoms with Crippen LogP contribution in [0.2, 0.25) is 0 Å². The Bertz CT molecular complexity index is 2110. The van der Waals surface area contributed by atoms with Crippen molar-refractivity contribution in [2.75, 3.05) is 20.3 Å². The zero-order chi connectivity index (χ0) is 32.2. The van der Waals surface area contributed by atoms with E-state index in [0.29, 0.717) is 33.1 Å². The number of nitrogens with zero attached hydrogens (tertiary/aromatic N) is 4. The summed E-state index contributed by atoms with van der Waals surface area (Å²) in [4.78, 5) is 32.8. The number of methoxy groups -OCH3 is 1. The molecule has 9 nitrogen and oxygen atoms in total. The normalized spacial score (nSPS) is 14.4. The van der Waals surface area contributed by atoms with Crippen molar-refractivity contribution in [3.8, 4) is 28.4 Å². The van der Waals surface area contributed by atoms with Crippen LogP contribution in [0.3, 0.4) is 0 Å². The molecule has 1 aliphatic heterocycles. The maximum atomic E-state index is 14.3. The average Bonchev–Trinajstić information content (AvgIpc) is 3.64. The van der Waals surface area contributed by atoms with E-state index < -0.39 is 12.0 Å². The number of hydrogen-bond donors (Lipinski definition) is 0. The number of aromatic nitrogens is 3. The summed E-state index contributed by atoms with van der Waals surface area (Å²) in [6.07, 6.45) is 5.24. The lowest BCUT2D eigenvalue weighted by Crippen LogP contribution is -2.39. The highest BCUT2D eigenvalue weighted by molar-refractivity contribution is 7.07. The fourth-order valence-corrected chi connectivity index (χ4v) is 6.38. The van der Waals surface area contributed by atoms with Gasteiger partial charge in [-0.1, -0.05) is 54.3 Å². The van der Waals surface area contributed by atoms with E-state index in [-0.39, 0.29) is 17.7 Å². The Balaban J connectivity index is 1.52. The molecule has 1 aliphatic rings. The van der Waals surface area contributed by atoms with Gasteiger partial charge < -0.3 is 14.2 Å². The Labute approximate surface area is 269 Å². The first-order valence-corrected chi connectivity index (χ1v) is 15.6. The van der Waals surface area contributed by atoms with E-state index in [1.807, 2.05) is 85.9 Å². The number of ether oxygens (including phenoxy) is 3. The zero-order valence-corrected chi connectivity index (χ0v) is 26.5. The van der Waals surface area contributed by atoms with Gasteiger partial charge in [0.2, 0.25) is 0 Å². The van der Waals surface area contributed by atoms with E-state index in [4.69, 9.17) is 24.3 Å².